The first-order valence-electron chi connectivity index (χ1n) is 18.1. The minimum Gasteiger partial charge on any atom is -0.340 e. The minimum atomic E-state index is 1.01. The predicted molar refractivity (Wildman–Crippen MR) is 216 cm³/mol. The van der Waals surface area contributed by atoms with E-state index in [0.29, 0.717) is 0 Å². The highest BCUT2D eigenvalue weighted by Gasteiger charge is 2.25. The van der Waals surface area contributed by atoms with Crippen molar-refractivity contribution in [3.63, 3.8) is 0 Å². The summed E-state index contributed by atoms with van der Waals surface area (Å²) in [5, 5.41) is 7.99. The van der Waals surface area contributed by atoms with Gasteiger partial charge in [-0.15, -0.1) is 0 Å². The number of anilines is 5. The van der Waals surface area contributed by atoms with Gasteiger partial charge in [0, 0.05) is 40.4 Å². The topological polar surface area (TPSA) is 6.48 Å². The Morgan fingerprint density at radius 1 is 0.520 bits per heavy atom. The van der Waals surface area contributed by atoms with Crippen LogP contribution in [0, 0.1) is 0 Å². The summed E-state index contributed by atoms with van der Waals surface area (Å²) in [5.74, 6) is 0. The van der Waals surface area contributed by atoms with E-state index in [1.54, 1.807) is 0 Å². The lowest BCUT2D eigenvalue weighted by Gasteiger charge is -2.30. The largest absolute Gasteiger partial charge is 0.340 e. The molecule has 10 rings (SSSR count). The first-order valence-corrected chi connectivity index (χ1v) is 18.1. The van der Waals surface area contributed by atoms with Gasteiger partial charge in [0.1, 0.15) is 0 Å². The molecule has 0 aromatic heterocycles. The number of fused-ring (bicyclic) bond motifs is 2. The average molecular weight is 645 g/mol. The van der Waals surface area contributed by atoms with Gasteiger partial charge < -0.3 is 9.80 Å². The highest BCUT2D eigenvalue weighted by Crippen LogP contribution is 2.47. The summed E-state index contributed by atoms with van der Waals surface area (Å²) < 4.78 is 0. The Bertz CT molecular complexity index is 2470. The van der Waals surface area contributed by atoms with Crippen molar-refractivity contribution in [2.75, 3.05) is 16.3 Å². The second-order valence-electron chi connectivity index (χ2n) is 13.1. The van der Waals surface area contributed by atoms with Gasteiger partial charge in [0.25, 0.3) is 0 Å². The molecule has 0 amide bonds. The maximum absolute atomic E-state index is 2.52. The zero-order valence-corrected chi connectivity index (χ0v) is 28.7. The molecule has 242 valence electrons. The van der Waals surface area contributed by atoms with E-state index in [1.807, 2.05) is 13.8 Å². The van der Waals surface area contributed by atoms with Crippen molar-refractivity contribution >= 4 is 66.8 Å². The third-order valence-corrected chi connectivity index (χ3v) is 10.6. The van der Waals surface area contributed by atoms with Crippen LogP contribution in [0.15, 0.2) is 152 Å². The summed E-state index contributed by atoms with van der Waals surface area (Å²) in [4.78, 5) is 4.94. The lowest BCUT2D eigenvalue weighted by atomic mass is 9.84. The molecule has 2 nitrogen and oxygen atoms in total. The van der Waals surface area contributed by atoms with Crippen LogP contribution >= 0.6 is 0 Å². The van der Waals surface area contributed by atoms with E-state index in [0.717, 1.165) is 25.8 Å². The maximum Gasteiger partial charge on any atom is 0.0500 e. The van der Waals surface area contributed by atoms with Gasteiger partial charge in [-0.2, -0.15) is 0 Å². The molecule has 2 aliphatic rings. The van der Waals surface area contributed by atoms with E-state index in [4.69, 9.17) is 0 Å². The molecule has 0 unspecified atom stereocenters. The van der Waals surface area contributed by atoms with Crippen molar-refractivity contribution in [3.8, 4) is 11.1 Å². The van der Waals surface area contributed by atoms with E-state index < -0.39 is 0 Å². The SMILES string of the molecule is C1=Cc2c(-c3ccc4ccc5c(N6CCc7ccccc76)ccc6ccc3c4c65)ccc(N(c3ccccc3)c3ccccc3)c2CC1.CC. The summed E-state index contributed by atoms with van der Waals surface area (Å²) in [6.45, 7) is 5.02. The van der Waals surface area contributed by atoms with Gasteiger partial charge >= 0.3 is 0 Å². The van der Waals surface area contributed by atoms with Gasteiger partial charge in [-0.1, -0.05) is 129 Å². The van der Waals surface area contributed by atoms with Crippen LogP contribution in [0.4, 0.5) is 28.4 Å². The molecule has 0 saturated carbocycles. The van der Waals surface area contributed by atoms with Gasteiger partial charge in [-0.25, -0.2) is 0 Å². The van der Waals surface area contributed by atoms with Crippen LogP contribution in [-0.4, -0.2) is 6.54 Å². The van der Waals surface area contributed by atoms with Gasteiger partial charge in [-0.3, -0.25) is 0 Å². The molecule has 0 fully saturated rings. The van der Waals surface area contributed by atoms with Crippen LogP contribution in [0.5, 0.6) is 0 Å². The van der Waals surface area contributed by atoms with Crippen molar-refractivity contribution in [3.05, 3.63) is 168 Å². The Kier molecular flexibility index (Phi) is 7.58. The molecule has 8 aromatic rings. The Labute approximate surface area is 294 Å². The summed E-state index contributed by atoms with van der Waals surface area (Å²) in [5.41, 5.74) is 13.0. The molecule has 1 heterocycles. The van der Waals surface area contributed by atoms with Gasteiger partial charge in [0.05, 0.1) is 0 Å². The minimum absolute atomic E-state index is 1.01. The van der Waals surface area contributed by atoms with Crippen molar-refractivity contribution in [2.24, 2.45) is 0 Å². The fourth-order valence-electron chi connectivity index (χ4n) is 8.41. The Morgan fingerprint density at radius 2 is 1.14 bits per heavy atom. The molecule has 0 bridgehead atoms. The molecule has 50 heavy (non-hydrogen) atoms. The van der Waals surface area contributed by atoms with E-state index >= 15 is 0 Å². The Hall–Kier alpha value is -5.86. The van der Waals surface area contributed by atoms with Gasteiger partial charge in [-0.05, 0) is 116 Å². The first-order chi connectivity index (χ1) is 24.8. The van der Waals surface area contributed by atoms with Gasteiger partial charge in [0.2, 0.25) is 0 Å². The number of para-hydroxylation sites is 3. The van der Waals surface area contributed by atoms with E-state index in [9.17, 15) is 0 Å². The maximum atomic E-state index is 2.52. The number of rotatable bonds is 5. The predicted octanol–water partition coefficient (Wildman–Crippen LogP) is 13.4. The third-order valence-electron chi connectivity index (χ3n) is 10.6. The molecule has 0 saturated heterocycles. The Balaban J connectivity index is 0.00000165. The summed E-state index contributed by atoms with van der Waals surface area (Å²) in [6, 6.07) is 53.8. The van der Waals surface area contributed by atoms with Crippen LogP contribution in [-0.2, 0) is 12.8 Å². The number of hydrogen-bond acceptors (Lipinski definition) is 2. The molecule has 0 atom stereocenters. The molecule has 1 aliphatic heterocycles. The van der Waals surface area contributed by atoms with Crippen molar-refractivity contribution in [1.29, 1.82) is 0 Å². The first kappa shape index (κ1) is 30.2. The number of allylic oxidation sites excluding steroid dienone is 1. The molecular weight excluding hydrogens is 605 g/mol. The lowest BCUT2D eigenvalue weighted by molar-refractivity contribution is 0.980. The van der Waals surface area contributed by atoms with Crippen LogP contribution < -0.4 is 9.80 Å². The molecule has 8 aromatic carbocycles. The molecule has 0 radical (unpaired) electrons. The quantitative estimate of drug-likeness (QED) is 0.172. The number of benzene rings is 8. The fraction of sp³-hybridized carbons (Fsp3) is 0.125. The number of nitrogens with zero attached hydrogens (tertiary/aromatic N) is 2. The number of hydrogen-bond donors (Lipinski definition) is 0. The van der Waals surface area contributed by atoms with E-state index in [1.165, 1.54) is 88.6 Å². The third kappa shape index (κ3) is 4.78. The van der Waals surface area contributed by atoms with Crippen LogP contribution in [0.3, 0.4) is 0 Å². The monoisotopic (exact) mass is 644 g/mol. The van der Waals surface area contributed by atoms with Crippen LogP contribution in [0.2, 0.25) is 0 Å². The lowest BCUT2D eigenvalue weighted by Crippen LogP contribution is -2.14. The molecule has 0 spiro atoms. The molecule has 2 heteroatoms. The normalized spacial score (nSPS) is 13.4. The summed E-state index contributed by atoms with van der Waals surface area (Å²) >= 11 is 0. The average Bonchev–Trinajstić information content (AvgIpc) is 3.63. The van der Waals surface area contributed by atoms with Gasteiger partial charge in [0.15, 0.2) is 0 Å². The fourth-order valence-corrected chi connectivity index (χ4v) is 8.41. The summed E-state index contributed by atoms with van der Waals surface area (Å²) in [6.07, 6.45) is 7.86. The standard InChI is InChI=1S/C46H34N2.C2H6/c1-3-12-34(13-4-1)48(35-14-5-2-6-15-35)44-28-26-37(36-16-8-9-17-39(36)44)38-23-19-32-21-25-41-43(47-30-29-31-11-7-10-18-42(31)47)27-22-33-20-24-40(38)45(32)46(33)41;1-2/h1-8,10-16,18-28H,9,17,29-30H2;1-2H3. The zero-order valence-electron chi connectivity index (χ0n) is 28.7. The smallest absolute Gasteiger partial charge is 0.0500 e. The van der Waals surface area contributed by atoms with Crippen molar-refractivity contribution in [1.82, 2.24) is 0 Å². The molecule has 0 N–H and O–H groups in total. The van der Waals surface area contributed by atoms with Crippen molar-refractivity contribution < 1.29 is 0 Å². The highest BCUT2D eigenvalue weighted by atomic mass is 15.2. The second-order valence-corrected chi connectivity index (χ2v) is 13.1. The van der Waals surface area contributed by atoms with Crippen molar-refractivity contribution in [2.45, 2.75) is 33.1 Å². The van der Waals surface area contributed by atoms with E-state index in [2.05, 4.69) is 168 Å². The zero-order chi connectivity index (χ0) is 33.6. The van der Waals surface area contributed by atoms with E-state index in [-0.39, 0.29) is 0 Å². The van der Waals surface area contributed by atoms with Crippen LogP contribution in [0.25, 0.3) is 49.5 Å². The Morgan fingerprint density at radius 3 is 1.90 bits per heavy atom. The molecule has 1 aliphatic carbocycles. The van der Waals surface area contributed by atoms with Crippen LogP contribution in [0.1, 0.15) is 37.0 Å². The molecular formula is C48H40N2. The summed E-state index contributed by atoms with van der Waals surface area (Å²) in [7, 11) is 0. The highest BCUT2D eigenvalue weighted by molar-refractivity contribution is 6.27. The second kappa shape index (κ2) is 12.5.